The number of hydrogen-bond acceptors (Lipinski definition) is 4. The first kappa shape index (κ1) is 22.4. The van der Waals surface area contributed by atoms with Crippen LogP contribution in [0.3, 0.4) is 0 Å². The fourth-order valence-corrected chi connectivity index (χ4v) is 2.93. The fraction of sp³-hybridized carbons (Fsp3) is 0.667. The first-order chi connectivity index (χ1) is 12.1. The molecule has 8 heteroatoms. The van der Waals surface area contributed by atoms with Gasteiger partial charge in [-0.1, -0.05) is 38.0 Å². The standard InChI is InChI=1S/C18H30FN3O3Si/c1-18(2,3)26(5,6)25-13-17(16(19)11-21-22-20)24-12-14-7-9-15(23-4)10-8-14/h7-10,16-17H,11-13H2,1-6H3. The largest absolute Gasteiger partial charge is 0.497 e. The molecule has 0 aliphatic heterocycles. The Morgan fingerprint density at radius 3 is 2.35 bits per heavy atom. The van der Waals surface area contributed by atoms with Crippen molar-refractivity contribution in [3.05, 3.63) is 40.3 Å². The second-order valence-electron chi connectivity index (χ2n) is 7.70. The van der Waals surface area contributed by atoms with Crippen LogP contribution in [0.4, 0.5) is 4.39 Å². The number of hydrogen-bond donors (Lipinski definition) is 0. The predicted molar refractivity (Wildman–Crippen MR) is 104 cm³/mol. The molecule has 1 aromatic carbocycles. The van der Waals surface area contributed by atoms with Crippen LogP contribution in [-0.2, 0) is 15.8 Å². The van der Waals surface area contributed by atoms with E-state index in [2.05, 4.69) is 43.9 Å². The van der Waals surface area contributed by atoms with Crippen LogP contribution in [0, 0.1) is 0 Å². The highest BCUT2D eigenvalue weighted by molar-refractivity contribution is 6.74. The highest BCUT2D eigenvalue weighted by atomic mass is 28.4. The number of nitrogens with zero attached hydrogens (tertiary/aromatic N) is 3. The molecule has 2 atom stereocenters. The van der Waals surface area contributed by atoms with E-state index in [4.69, 9.17) is 19.4 Å². The minimum absolute atomic E-state index is 0.0180. The molecule has 1 aromatic rings. The van der Waals surface area contributed by atoms with Crippen LogP contribution in [0.1, 0.15) is 26.3 Å². The van der Waals surface area contributed by atoms with Crippen molar-refractivity contribution in [1.82, 2.24) is 0 Å². The van der Waals surface area contributed by atoms with Crippen molar-refractivity contribution in [2.24, 2.45) is 5.11 Å². The van der Waals surface area contributed by atoms with Gasteiger partial charge in [0.05, 0.1) is 26.9 Å². The number of ether oxygens (including phenoxy) is 2. The van der Waals surface area contributed by atoms with Crippen molar-refractivity contribution < 1.29 is 18.3 Å². The third-order valence-electron chi connectivity index (χ3n) is 4.76. The van der Waals surface area contributed by atoms with Gasteiger partial charge in [-0.3, -0.25) is 0 Å². The molecule has 0 saturated carbocycles. The molecule has 0 aliphatic rings. The van der Waals surface area contributed by atoms with Gasteiger partial charge < -0.3 is 13.9 Å². The molecule has 0 heterocycles. The van der Waals surface area contributed by atoms with Gasteiger partial charge in [0.1, 0.15) is 18.0 Å². The quantitative estimate of drug-likeness (QED) is 0.240. The first-order valence-corrected chi connectivity index (χ1v) is 11.5. The summed E-state index contributed by atoms with van der Waals surface area (Å²) in [5.41, 5.74) is 9.34. The van der Waals surface area contributed by atoms with Gasteiger partial charge in [-0.05, 0) is 41.4 Å². The van der Waals surface area contributed by atoms with Gasteiger partial charge >= 0.3 is 0 Å². The van der Waals surface area contributed by atoms with E-state index in [0.717, 1.165) is 11.3 Å². The summed E-state index contributed by atoms with van der Waals surface area (Å²) in [6.07, 6.45) is -2.22. The normalized spacial score (nSPS) is 14.4. The van der Waals surface area contributed by atoms with Crippen molar-refractivity contribution in [3.8, 4) is 5.75 Å². The van der Waals surface area contributed by atoms with E-state index in [1.807, 2.05) is 24.3 Å². The maximum absolute atomic E-state index is 14.5. The molecular weight excluding hydrogens is 353 g/mol. The topological polar surface area (TPSA) is 76.5 Å². The zero-order valence-corrected chi connectivity index (χ0v) is 17.5. The zero-order valence-electron chi connectivity index (χ0n) is 16.5. The molecule has 0 radical (unpaired) electrons. The van der Waals surface area contributed by atoms with Crippen LogP contribution in [0.5, 0.6) is 5.75 Å². The molecule has 0 fully saturated rings. The Hall–Kier alpha value is -1.60. The van der Waals surface area contributed by atoms with Crippen molar-refractivity contribution >= 4 is 8.32 Å². The van der Waals surface area contributed by atoms with Gasteiger partial charge in [-0.25, -0.2) is 4.39 Å². The molecule has 0 amide bonds. The van der Waals surface area contributed by atoms with E-state index >= 15 is 0 Å². The lowest BCUT2D eigenvalue weighted by Gasteiger charge is -2.37. The Kier molecular flexibility index (Phi) is 8.56. The molecule has 0 N–H and O–H groups in total. The average Bonchev–Trinajstić information content (AvgIpc) is 2.59. The molecular formula is C18H30FN3O3Si. The van der Waals surface area contributed by atoms with E-state index < -0.39 is 20.6 Å². The monoisotopic (exact) mass is 383 g/mol. The Bertz CT molecular complexity index is 599. The SMILES string of the molecule is COc1ccc(COC(CO[Si](C)(C)C(C)(C)C)C(F)CN=[N+]=[N-])cc1. The van der Waals surface area contributed by atoms with Crippen LogP contribution < -0.4 is 4.74 Å². The van der Waals surface area contributed by atoms with Gasteiger partial charge in [0, 0.05) is 4.91 Å². The van der Waals surface area contributed by atoms with Crippen LogP contribution in [0.2, 0.25) is 18.1 Å². The smallest absolute Gasteiger partial charge is 0.192 e. The van der Waals surface area contributed by atoms with E-state index in [-0.39, 0.29) is 24.8 Å². The van der Waals surface area contributed by atoms with Crippen LogP contribution in [0.25, 0.3) is 10.4 Å². The van der Waals surface area contributed by atoms with Gasteiger partial charge in [0.15, 0.2) is 8.32 Å². The Labute approximate surface area is 156 Å². The lowest BCUT2D eigenvalue weighted by atomic mass is 10.2. The maximum Gasteiger partial charge on any atom is 0.192 e. The number of rotatable bonds is 10. The molecule has 146 valence electrons. The molecule has 0 saturated heterocycles. The van der Waals surface area contributed by atoms with Crippen LogP contribution in [-0.4, -0.2) is 40.9 Å². The van der Waals surface area contributed by atoms with Gasteiger partial charge in [0.2, 0.25) is 0 Å². The number of methoxy groups -OCH3 is 1. The van der Waals surface area contributed by atoms with Crippen LogP contribution in [0.15, 0.2) is 29.4 Å². The Morgan fingerprint density at radius 1 is 1.23 bits per heavy atom. The Balaban J connectivity index is 2.75. The lowest BCUT2D eigenvalue weighted by Crippen LogP contribution is -2.44. The van der Waals surface area contributed by atoms with Crippen molar-refractivity contribution in [1.29, 1.82) is 0 Å². The molecule has 1 rings (SSSR count). The maximum atomic E-state index is 14.5. The molecule has 0 aromatic heterocycles. The van der Waals surface area contributed by atoms with Crippen molar-refractivity contribution in [2.45, 2.75) is 57.8 Å². The minimum Gasteiger partial charge on any atom is -0.497 e. The summed E-state index contributed by atoms with van der Waals surface area (Å²) in [7, 11) is -0.432. The number of azide groups is 1. The third kappa shape index (κ3) is 6.95. The lowest BCUT2D eigenvalue weighted by molar-refractivity contribution is -0.0372. The van der Waals surface area contributed by atoms with Crippen molar-refractivity contribution in [3.63, 3.8) is 0 Å². The number of alkyl halides is 1. The Morgan fingerprint density at radius 2 is 1.85 bits per heavy atom. The first-order valence-electron chi connectivity index (χ1n) is 8.64. The van der Waals surface area contributed by atoms with Crippen LogP contribution >= 0.6 is 0 Å². The third-order valence-corrected chi connectivity index (χ3v) is 9.26. The molecule has 26 heavy (non-hydrogen) atoms. The van der Waals surface area contributed by atoms with E-state index in [9.17, 15) is 4.39 Å². The van der Waals surface area contributed by atoms with Gasteiger partial charge in [0.25, 0.3) is 0 Å². The summed E-state index contributed by atoms with van der Waals surface area (Å²) < 4.78 is 31.5. The second-order valence-corrected chi connectivity index (χ2v) is 12.5. The van der Waals surface area contributed by atoms with Gasteiger partial charge in [-0.15, -0.1) is 0 Å². The summed E-state index contributed by atoms with van der Waals surface area (Å²) in [4.78, 5) is 2.63. The average molecular weight is 384 g/mol. The fourth-order valence-electron chi connectivity index (χ4n) is 1.92. The minimum atomic E-state index is -2.03. The molecule has 2 unspecified atom stereocenters. The second kappa shape index (κ2) is 9.92. The molecule has 0 spiro atoms. The number of halogens is 1. The number of benzene rings is 1. The van der Waals surface area contributed by atoms with E-state index in [1.165, 1.54) is 0 Å². The van der Waals surface area contributed by atoms with Gasteiger partial charge in [-0.2, -0.15) is 0 Å². The summed E-state index contributed by atoms with van der Waals surface area (Å²) in [5.74, 6) is 0.748. The summed E-state index contributed by atoms with van der Waals surface area (Å²) in [6.45, 7) is 10.7. The summed E-state index contributed by atoms with van der Waals surface area (Å²) in [6, 6.07) is 7.38. The molecule has 0 aliphatic carbocycles. The molecule has 0 bridgehead atoms. The zero-order chi connectivity index (χ0) is 19.8. The summed E-state index contributed by atoms with van der Waals surface area (Å²) >= 11 is 0. The highest BCUT2D eigenvalue weighted by Crippen LogP contribution is 2.36. The summed E-state index contributed by atoms with van der Waals surface area (Å²) in [5, 5.41) is 3.35. The van der Waals surface area contributed by atoms with E-state index in [1.54, 1.807) is 7.11 Å². The van der Waals surface area contributed by atoms with E-state index in [0.29, 0.717) is 0 Å². The van der Waals surface area contributed by atoms with Crippen molar-refractivity contribution in [2.75, 3.05) is 20.3 Å². The predicted octanol–water partition coefficient (Wildman–Crippen LogP) is 5.25. The molecule has 6 nitrogen and oxygen atoms in total. The highest BCUT2D eigenvalue weighted by Gasteiger charge is 2.38.